The highest BCUT2D eigenvalue weighted by Gasteiger charge is 2.24. The van der Waals surface area contributed by atoms with Crippen molar-refractivity contribution in [1.29, 1.82) is 0 Å². The van der Waals surface area contributed by atoms with Crippen LogP contribution in [-0.2, 0) is 0 Å². The highest BCUT2D eigenvalue weighted by Crippen LogP contribution is 2.23. The Hall–Kier alpha value is -3.61. The van der Waals surface area contributed by atoms with Gasteiger partial charge in [0.1, 0.15) is 11.5 Å². The summed E-state index contributed by atoms with van der Waals surface area (Å²) < 4.78 is 10.4. The standard InChI is InChI=1S/C24H26N4O3/c1-17-22(16-25-23(26-17)18-4-8-20(30-2)9-5-18)24(29)28-14-12-27(13-15-28)19-6-10-21(31-3)11-7-19/h4-11,16H,12-15H2,1-3H3. The number of aromatic nitrogens is 2. The number of hydrogen-bond donors (Lipinski definition) is 0. The van der Waals surface area contributed by atoms with E-state index in [9.17, 15) is 4.79 Å². The molecule has 3 aromatic rings. The lowest BCUT2D eigenvalue weighted by Gasteiger charge is -2.36. The summed E-state index contributed by atoms with van der Waals surface area (Å²) in [5, 5.41) is 0. The Morgan fingerprint density at radius 2 is 1.45 bits per heavy atom. The normalized spacial score (nSPS) is 13.8. The highest BCUT2D eigenvalue weighted by atomic mass is 16.5. The zero-order chi connectivity index (χ0) is 21.8. The van der Waals surface area contributed by atoms with E-state index in [4.69, 9.17) is 9.47 Å². The molecule has 0 unspecified atom stereocenters. The fourth-order valence-electron chi connectivity index (χ4n) is 3.69. The van der Waals surface area contributed by atoms with Crippen molar-refractivity contribution in [2.75, 3.05) is 45.3 Å². The van der Waals surface area contributed by atoms with Crippen LogP contribution in [0.25, 0.3) is 11.4 Å². The lowest BCUT2D eigenvalue weighted by molar-refractivity contribution is 0.0745. The van der Waals surface area contributed by atoms with Crippen molar-refractivity contribution in [3.8, 4) is 22.9 Å². The number of rotatable bonds is 5. The molecule has 7 nitrogen and oxygen atoms in total. The maximum atomic E-state index is 13.1. The molecule has 4 rings (SSSR count). The van der Waals surface area contributed by atoms with Crippen LogP contribution < -0.4 is 14.4 Å². The van der Waals surface area contributed by atoms with Gasteiger partial charge in [0.15, 0.2) is 5.82 Å². The number of piperazine rings is 1. The van der Waals surface area contributed by atoms with E-state index in [0.29, 0.717) is 30.2 Å². The third-order valence-electron chi connectivity index (χ3n) is 5.56. The van der Waals surface area contributed by atoms with Gasteiger partial charge in [-0.25, -0.2) is 9.97 Å². The van der Waals surface area contributed by atoms with E-state index in [2.05, 4.69) is 14.9 Å². The number of hydrogen-bond acceptors (Lipinski definition) is 6. The number of anilines is 1. The van der Waals surface area contributed by atoms with E-state index in [1.54, 1.807) is 20.4 Å². The minimum atomic E-state index is -0.0202. The minimum absolute atomic E-state index is 0.0202. The third-order valence-corrected chi connectivity index (χ3v) is 5.56. The van der Waals surface area contributed by atoms with Gasteiger partial charge in [-0.1, -0.05) is 0 Å². The monoisotopic (exact) mass is 418 g/mol. The van der Waals surface area contributed by atoms with Gasteiger partial charge >= 0.3 is 0 Å². The summed E-state index contributed by atoms with van der Waals surface area (Å²) in [6, 6.07) is 15.6. The van der Waals surface area contributed by atoms with Crippen molar-refractivity contribution >= 4 is 11.6 Å². The van der Waals surface area contributed by atoms with E-state index in [-0.39, 0.29) is 5.91 Å². The summed E-state index contributed by atoms with van der Waals surface area (Å²) in [7, 11) is 3.29. The van der Waals surface area contributed by atoms with Gasteiger partial charge in [0.2, 0.25) is 0 Å². The molecule has 1 saturated heterocycles. The zero-order valence-corrected chi connectivity index (χ0v) is 18.0. The van der Waals surface area contributed by atoms with E-state index in [1.807, 2.05) is 60.4 Å². The van der Waals surface area contributed by atoms with Crippen LogP contribution >= 0.6 is 0 Å². The summed E-state index contributed by atoms with van der Waals surface area (Å²) >= 11 is 0. The molecule has 31 heavy (non-hydrogen) atoms. The van der Waals surface area contributed by atoms with Gasteiger partial charge < -0.3 is 19.3 Å². The quantitative estimate of drug-likeness (QED) is 0.632. The average molecular weight is 418 g/mol. The van der Waals surface area contributed by atoms with E-state index < -0.39 is 0 Å². The molecule has 0 radical (unpaired) electrons. The maximum Gasteiger partial charge on any atom is 0.257 e. The van der Waals surface area contributed by atoms with Crippen LogP contribution in [0.3, 0.4) is 0 Å². The van der Waals surface area contributed by atoms with Crippen molar-refractivity contribution in [2.45, 2.75) is 6.92 Å². The Kier molecular flexibility index (Phi) is 6.02. The SMILES string of the molecule is COc1ccc(-c2ncc(C(=O)N3CCN(c4ccc(OC)cc4)CC3)c(C)n2)cc1. The molecule has 0 bridgehead atoms. The van der Waals surface area contributed by atoms with Gasteiger partial charge in [0, 0.05) is 43.6 Å². The molecule has 0 atom stereocenters. The molecule has 1 aliphatic rings. The molecule has 0 aliphatic carbocycles. The van der Waals surface area contributed by atoms with E-state index in [0.717, 1.165) is 35.8 Å². The van der Waals surface area contributed by atoms with Crippen molar-refractivity contribution in [3.63, 3.8) is 0 Å². The van der Waals surface area contributed by atoms with Gasteiger partial charge in [-0.15, -0.1) is 0 Å². The molecule has 7 heteroatoms. The number of nitrogens with zero attached hydrogens (tertiary/aromatic N) is 4. The summed E-state index contributed by atoms with van der Waals surface area (Å²) in [4.78, 5) is 26.2. The molecule has 1 aliphatic heterocycles. The smallest absolute Gasteiger partial charge is 0.257 e. The number of ether oxygens (including phenoxy) is 2. The molecule has 0 N–H and O–H groups in total. The second-order valence-electron chi connectivity index (χ2n) is 7.40. The number of carbonyl (C=O) groups excluding carboxylic acids is 1. The third kappa shape index (κ3) is 4.45. The summed E-state index contributed by atoms with van der Waals surface area (Å²) in [6.45, 7) is 4.73. The van der Waals surface area contributed by atoms with Crippen LogP contribution in [0.2, 0.25) is 0 Å². The lowest BCUT2D eigenvalue weighted by atomic mass is 10.1. The van der Waals surface area contributed by atoms with Gasteiger partial charge in [0.25, 0.3) is 5.91 Å². The minimum Gasteiger partial charge on any atom is -0.497 e. The predicted octanol–water partition coefficient (Wildman–Crippen LogP) is 3.43. The summed E-state index contributed by atoms with van der Waals surface area (Å²) in [5.74, 6) is 2.20. The van der Waals surface area contributed by atoms with Crippen LogP contribution in [0.1, 0.15) is 16.1 Å². The molecule has 1 fully saturated rings. The lowest BCUT2D eigenvalue weighted by Crippen LogP contribution is -2.49. The Morgan fingerprint density at radius 1 is 0.871 bits per heavy atom. The second kappa shape index (κ2) is 9.04. The Balaban J connectivity index is 1.42. The second-order valence-corrected chi connectivity index (χ2v) is 7.40. The molecule has 160 valence electrons. The molecule has 0 spiro atoms. The Bertz CT molecular complexity index is 1040. The molecular weight excluding hydrogens is 392 g/mol. The molecular formula is C24H26N4O3. The van der Waals surface area contributed by atoms with E-state index >= 15 is 0 Å². The number of benzene rings is 2. The molecule has 1 aromatic heterocycles. The van der Waals surface area contributed by atoms with Crippen LogP contribution in [-0.4, -0.2) is 61.2 Å². The Labute approximate surface area is 182 Å². The first-order chi connectivity index (χ1) is 15.1. The molecule has 2 aromatic carbocycles. The van der Waals surface area contributed by atoms with Gasteiger partial charge in [-0.05, 0) is 55.5 Å². The molecule has 1 amide bonds. The fourth-order valence-corrected chi connectivity index (χ4v) is 3.69. The number of amides is 1. The average Bonchev–Trinajstić information content (AvgIpc) is 2.84. The summed E-state index contributed by atoms with van der Waals surface area (Å²) in [5.41, 5.74) is 3.26. The van der Waals surface area contributed by atoms with Crippen LogP contribution in [0.15, 0.2) is 54.7 Å². The fraction of sp³-hybridized carbons (Fsp3) is 0.292. The van der Waals surface area contributed by atoms with Crippen molar-refractivity contribution in [2.24, 2.45) is 0 Å². The number of methoxy groups -OCH3 is 2. The maximum absolute atomic E-state index is 13.1. The largest absolute Gasteiger partial charge is 0.497 e. The van der Waals surface area contributed by atoms with Crippen LogP contribution in [0.5, 0.6) is 11.5 Å². The first-order valence-corrected chi connectivity index (χ1v) is 10.3. The van der Waals surface area contributed by atoms with Gasteiger partial charge in [0.05, 0.1) is 25.5 Å². The first kappa shape index (κ1) is 20.7. The van der Waals surface area contributed by atoms with Crippen LogP contribution in [0.4, 0.5) is 5.69 Å². The Morgan fingerprint density at radius 3 is 2.00 bits per heavy atom. The first-order valence-electron chi connectivity index (χ1n) is 10.3. The topological polar surface area (TPSA) is 67.8 Å². The number of aryl methyl sites for hydroxylation is 1. The van der Waals surface area contributed by atoms with E-state index in [1.165, 1.54) is 0 Å². The molecule has 2 heterocycles. The van der Waals surface area contributed by atoms with Crippen molar-refractivity contribution in [1.82, 2.24) is 14.9 Å². The van der Waals surface area contributed by atoms with Gasteiger partial charge in [-0.2, -0.15) is 0 Å². The highest BCUT2D eigenvalue weighted by molar-refractivity contribution is 5.95. The number of carbonyl (C=O) groups is 1. The summed E-state index contributed by atoms with van der Waals surface area (Å²) in [6.07, 6.45) is 1.64. The van der Waals surface area contributed by atoms with Crippen LogP contribution in [0, 0.1) is 6.92 Å². The predicted molar refractivity (Wildman–Crippen MR) is 120 cm³/mol. The van der Waals surface area contributed by atoms with Crippen molar-refractivity contribution < 1.29 is 14.3 Å². The van der Waals surface area contributed by atoms with Crippen molar-refractivity contribution in [3.05, 3.63) is 66.0 Å². The zero-order valence-electron chi connectivity index (χ0n) is 18.0. The van der Waals surface area contributed by atoms with Gasteiger partial charge in [-0.3, -0.25) is 4.79 Å². The molecule has 0 saturated carbocycles.